The van der Waals surface area contributed by atoms with Crippen LogP contribution >= 0.6 is 0 Å². The minimum Gasteiger partial charge on any atom is -0.465 e. The number of rotatable bonds is 5. The molecule has 0 spiro atoms. The van der Waals surface area contributed by atoms with Crippen LogP contribution in [-0.4, -0.2) is 23.4 Å². The summed E-state index contributed by atoms with van der Waals surface area (Å²) >= 11 is 0. The Morgan fingerprint density at radius 1 is 1.18 bits per heavy atom. The van der Waals surface area contributed by atoms with E-state index in [9.17, 15) is 14.9 Å². The number of hydrogen-bond acceptors (Lipinski definition) is 5. The first kappa shape index (κ1) is 18.9. The summed E-state index contributed by atoms with van der Waals surface area (Å²) in [6.07, 6.45) is 2.91. The maximum absolute atomic E-state index is 12.9. The van der Waals surface area contributed by atoms with Gasteiger partial charge in [0.15, 0.2) is 0 Å². The van der Waals surface area contributed by atoms with E-state index in [1.54, 1.807) is 42.5 Å². The van der Waals surface area contributed by atoms with Gasteiger partial charge < -0.3 is 13.7 Å². The van der Waals surface area contributed by atoms with Gasteiger partial charge in [0.25, 0.3) is 0 Å². The number of carbonyl (C=O) groups excluding carboxylic acids is 2. The van der Waals surface area contributed by atoms with Crippen LogP contribution in [0.15, 0.2) is 58.7 Å². The molecule has 0 bridgehead atoms. The number of methoxy groups -OCH3 is 1. The minimum atomic E-state index is -0.412. The zero-order valence-electron chi connectivity index (χ0n) is 15.7. The van der Waals surface area contributed by atoms with Crippen molar-refractivity contribution >= 4 is 17.8 Å². The SMILES string of the molecule is COC(=O)c1ccc(-n2c(C)cc(C(=O)/C(C#N)=C/c3ccco3)c2C)cc1. The van der Waals surface area contributed by atoms with Crippen LogP contribution in [0, 0.1) is 25.2 Å². The Balaban J connectivity index is 1.99. The first-order valence-electron chi connectivity index (χ1n) is 8.54. The number of allylic oxidation sites excluding steroid dienone is 1. The first-order valence-corrected chi connectivity index (χ1v) is 8.54. The molecule has 1 aromatic carbocycles. The lowest BCUT2D eigenvalue weighted by atomic mass is 10.0. The third-order valence-electron chi connectivity index (χ3n) is 4.42. The fraction of sp³-hybridized carbons (Fsp3) is 0.136. The largest absolute Gasteiger partial charge is 0.465 e. The lowest BCUT2D eigenvalue weighted by molar-refractivity contribution is 0.0600. The Kier molecular flexibility index (Phi) is 5.28. The normalized spacial score (nSPS) is 11.1. The summed E-state index contributed by atoms with van der Waals surface area (Å²) in [5, 5.41) is 9.42. The predicted octanol–water partition coefficient (Wildman–Crippen LogP) is 4.26. The third kappa shape index (κ3) is 3.51. The molecule has 0 saturated carbocycles. The second kappa shape index (κ2) is 7.80. The Morgan fingerprint density at radius 2 is 1.89 bits per heavy atom. The molecule has 0 saturated heterocycles. The van der Waals surface area contributed by atoms with Crippen molar-refractivity contribution in [2.75, 3.05) is 7.11 Å². The molecule has 0 atom stereocenters. The maximum atomic E-state index is 12.9. The number of carbonyl (C=O) groups is 2. The second-order valence-electron chi connectivity index (χ2n) is 6.17. The van der Waals surface area contributed by atoms with Crippen LogP contribution in [0.25, 0.3) is 11.8 Å². The Bertz CT molecular complexity index is 1090. The second-order valence-corrected chi connectivity index (χ2v) is 6.17. The zero-order chi connectivity index (χ0) is 20.3. The van der Waals surface area contributed by atoms with Crippen LogP contribution < -0.4 is 0 Å². The minimum absolute atomic E-state index is 0.00348. The van der Waals surface area contributed by atoms with Crippen molar-refractivity contribution in [3.05, 3.63) is 82.6 Å². The number of nitrogens with zero attached hydrogens (tertiary/aromatic N) is 2. The van der Waals surface area contributed by atoms with Gasteiger partial charge in [0, 0.05) is 28.7 Å². The maximum Gasteiger partial charge on any atom is 0.337 e. The summed E-state index contributed by atoms with van der Waals surface area (Å²) in [5.74, 6) is -0.341. The Hall–Kier alpha value is -3.85. The number of furan rings is 1. The molecule has 3 rings (SSSR count). The van der Waals surface area contributed by atoms with E-state index in [1.165, 1.54) is 19.4 Å². The van der Waals surface area contributed by atoms with Crippen LogP contribution in [-0.2, 0) is 4.74 Å². The molecule has 140 valence electrons. The van der Waals surface area contributed by atoms with Crippen LogP contribution in [0.4, 0.5) is 0 Å². The summed E-state index contributed by atoms with van der Waals surface area (Å²) in [7, 11) is 1.33. The summed E-state index contributed by atoms with van der Waals surface area (Å²) in [4.78, 5) is 24.5. The van der Waals surface area contributed by atoms with Gasteiger partial charge in [-0.3, -0.25) is 4.79 Å². The average Bonchev–Trinajstić information content (AvgIpc) is 3.32. The Labute approximate surface area is 162 Å². The molecular formula is C22H18N2O4. The standard InChI is InChI=1S/C22H18N2O4/c1-14-11-20(21(25)17(13-23)12-19-5-4-10-28-19)15(2)24(14)18-8-6-16(7-9-18)22(26)27-3/h4-12H,1-3H3/b17-12+. The molecule has 0 unspecified atom stereocenters. The van der Waals surface area contributed by atoms with E-state index in [1.807, 2.05) is 24.5 Å². The van der Waals surface area contributed by atoms with E-state index >= 15 is 0 Å². The number of esters is 1. The van der Waals surface area contributed by atoms with Gasteiger partial charge in [-0.05, 0) is 56.3 Å². The number of benzene rings is 1. The van der Waals surface area contributed by atoms with Gasteiger partial charge in [0.1, 0.15) is 17.4 Å². The van der Waals surface area contributed by atoms with Gasteiger partial charge in [-0.15, -0.1) is 0 Å². The highest BCUT2D eigenvalue weighted by molar-refractivity contribution is 6.14. The van der Waals surface area contributed by atoms with Gasteiger partial charge in [0.2, 0.25) is 5.78 Å². The van der Waals surface area contributed by atoms with Gasteiger partial charge in [-0.25, -0.2) is 4.79 Å². The Morgan fingerprint density at radius 3 is 2.46 bits per heavy atom. The number of ketones is 1. The highest BCUT2D eigenvalue weighted by atomic mass is 16.5. The number of aromatic nitrogens is 1. The molecule has 0 amide bonds. The fourth-order valence-corrected chi connectivity index (χ4v) is 3.06. The molecule has 28 heavy (non-hydrogen) atoms. The van der Waals surface area contributed by atoms with E-state index in [-0.39, 0.29) is 11.4 Å². The van der Waals surface area contributed by atoms with Crippen LogP contribution in [0.5, 0.6) is 0 Å². The molecule has 2 aromatic heterocycles. The molecular weight excluding hydrogens is 356 g/mol. The third-order valence-corrected chi connectivity index (χ3v) is 4.42. The monoisotopic (exact) mass is 374 g/mol. The molecule has 6 heteroatoms. The van der Waals surface area contributed by atoms with Crippen molar-refractivity contribution in [3.63, 3.8) is 0 Å². The van der Waals surface area contributed by atoms with Gasteiger partial charge in [0.05, 0.1) is 18.9 Å². The molecule has 0 aliphatic heterocycles. The van der Waals surface area contributed by atoms with Crippen molar-refractivity contribution in [1.29, 1.82) is 5.26 Å². The number of nitriles is 1. The van der Waals surface area contributed by atoms with Crippen molar-refractivity contribution in [3.8, 4) is 11.8 Å². The molecule has 3 aromatic rings. The van der Waals surface area contributed by atoms with E-state index < -0.39 is 5.97 Å². The fourth-order valence-electron chi connectivity index (χ4n) is 3.06. The first-order chi connectivity index (χ1) is 13.5. The summed E-state index contributed by atoms with van der Waals surface area (Å²) in [5.41, 5.74) is 3.22. The van der Waals surface area contributed by atoms with Gasteiger partial charge in [-0.2, -0.15) is 5.26 Å². The highest BCUT2D eigenvalue weighted by Gasteiger charge is 2.20. The van der Waals surface area contributed by atoms with Gasteiger partial charge in [-0.1, -0.05) is 0 Å². The number of Topliss-reactive ketones (excluding diaryl/α,β-unsaturated/α-hetero) is 1. The van der Waals surface area contributed by atoms with Crippen molar-refractivity contribution in [2.24, 2.45) is 0 Å². The molecule has 0 radical (unpaired) electrons. The van der Waals surface area contributed by atoms with E-state index in [0.29, 0.717) is 22.6 Å². The lowest BCUT2D eigenvalue weighted by Crippen LogP contribution is -2.06. The quantitative estimate of drug-likeness (QED) is 0.288. The smallest absolute Gasteiger partial charge is 0.337 e. The average molecular weight is 374 g/mol. The van der Waals surface area contributed by atoms with E-state index in [4.69, 9.17) is 9.15 Å². The number of hydrogen-bond donors (Lipinski definition) is 0. The number of ether oxygens (including phenoxy) is 1. The summed E-state index contributed by atoms with van der Waals surface area (Å²) < 4.78 is 11.8. The molecule has 0 fully saturated rings. The molecule has 2 heterocycles. The van der Waals surface area contributed by atoms with E-state index in [2.05, 4.69) is 0 Å². The summed E-state index contributed by atoms with van der Waals surface area (Å²) in [6.45, 7) is 3.69. The van der Waals surface area contributed by atoms with Crippen molar-refractivity contribution in [2.45, 2.75) is 13.8 Å². The van der Waals surface area contributed by atoms with Crippen molar-refractivity contribution < 1.29 is 18.7 Å². The van der Waals surface area contributed by atoms with Crippen LogP contribution in [0.2, 0.25) is 0 Å². The number of aryl methyl sites for hydroxylation is 1. The molecule has 6 nitrogen and oxygen atoms in total. The van der Waals surface area contributed by atoms with Gasteiger partial charge >= 0.3 is 5.97 Å². The highest BCUT2D eigenvalue weighted by Crippen LogP contribution is 2.24. The zero-order valence-corrected chi connectivity index (χ0v) is 15.7. The molecule has 0 aliphatic rings. The van der Waals surface area contributed by atoms with E-state index in [0.717, 1.165) is 11.4 Å². The molecule has 0 aliphatic carbocycles. The van der Waals surface area contributed by atoms with Crippen LogP contribution in [0.1, 0.15) is 37.9 Å². The molecule has 0 N–H and O–H groups in total. The summed E-state index contributed by atoms with van der Waals surface area (Å²) in [6, 6.07) is 14.0. The topological polar surface area (TPSA) is 85.2 Å². The lowest BCUT2D eigenvalue weighted by Gasteiger charge is -2.10. The van der Waals surface area contributed by atoms with Crippen molar-refractivity contribution in [1.82, 2.24) is 4.57 Å². The predicted molar refractivity (Wildman–Crippen MR) is 103 cm³/mol. The van der Waals surface area contributed by atoms with Crippen LogP contribution in [0.3, 0.4) is 0 Å².